The Balaban J connectivity index is 1.55. The molecule has 8 heteroatoms. The van der Waals surface area contributed by atoms with Crippen LogP contribution in [0, 0.1) is 10.1 Å². The van der Waals surface area contributed by atoms with Gasteiger partial charge >= 0.3 is 0 Å². The van der Waals surface area contributed by atoms with Gasteiger partial charge in [0.25, 0.3) is 17.5 Å². The summed E-state index contributed by atoms with van der Waals surface area (Å²) in [4.78, 5) is 39.5. The van der Waals surface area contributed by atoms with Crippen LogP contribution in [0.15, 0.2) is 42.5 Å². The summed E-state index contributed by atoms with van der Waals surface area (Å²) in [6, 6.07) is 12.1. The number of likely N-dealkylation sites (tertiary alicyclic amines) is 1. The van der Waals surface area contributed by atoms with Crippen LogP contribution in [0.3, 0.4) is 0 Å². The lowest BCUT2D eigenvalue weighted by Crippen LogP contribution is -2.41. The molecule has 0 bridgehead atoms. The minimum absolute atomic E-state index is 0.0741. The van der Waals surface area contributed by atoms with Crippen molar-refractivity contribution in [3.05, 3.63) is 69.3 Å². The van der Waals surface area contributed by atoms with Gasteiger partial charge in [0.2, 0.25) is 0 Å². The number of nitrogens with zero attached hydrogens (tertiary/aromatic N) is 3. The van der Waals surface area contributed by atoms with Crippen molar-refractivity contribution in [1.82, 2.24) is 9.80 Å². The Hall–Kier alpha value is -3.26. The van der Waals surface area contributed by atoms with Crippen molar-refractivity contribution in [3.8, 4) is 5.75 Å². The maximum atomic E-state index is 12.8. The van der Waals surface area contributed by atoms with Gasteiger partial charge in [0.1, 0.15) is 11.3 Å². The number of carbonyl (C=O) groups is 2. The molecule has 0 spiro atoms. The molecule has 1 fully saturated rings. The number of amides is 2. The first-order chi connectivity index (χ1) is 14.0. The summed E-state index contributed by atoms with van der Waals surface area (Å²) in [5.74, 6) is -0.283. The molecule has 0 aliphatic carbocycles. The van der Waals surface area contributed by atoms with Gasteiger partial charge in [-0.1, -0.05) is 18.2 Å². The third-order valence-corrected chi connectivity index (χ3v) is 5.44. The number of nitro benzene ring substituents is 1. The molecule has 29 heavy (non-hydrogen) atoms. The lowest BCUT2D eigenvalue weighted by molar-refractivity contribution is -0.385. The highest BCUT2D eigenvalue weighted by Gasteiger charge is 2.42. The van der Waals surface area contributed by atoms with Crippen molar-refractivity contribution in [1.29, 1.82) is 0 Å². The number of ether oxygens (including phenoxy) is 1. The van der Waals surface area contributed by atoms with Crippen LogP contribution in [-0.2, 0) is 0 Å². The van der Waals surface area contributed by atoms with Crippen molar-refractivity contribution in [3.63, 3.8) is 0 Å². The van der Waals surface area contributed by atoms with E-state index in [1.54, 1.807) is 0 Å². The van der Waals surface area contributed by atoms with Gasteiger partial charge in [0.05, 0.1) is 23.8 Å². The zero-order chi connectivity index (χ0) is 20.5. The van der Waals surface area contributed by atoms with Gasteiger partial charge in [-0.2, -0.15) is 0 Å². The third-order valence-electron chi connectivity index (χ3n) is 5.44. The summed E-state index contributed by atoms with van der Waals surface area (Å²) in [6.07, 6.45) is 1.86. The quantitative estimate of drug-likeness (QED) is 0.423. The predicted molar refractivity (Wildman–Crippen MR) is 105 cm³/mol. The number of hydrogen-bond acceptors (Lipinski definition) is 6. The molecule has 0 aromatic heterocycles. The Kier molecular flexibility index (Phi) is 5.02. The molecule has 2 heterocycles. The molecule has 2 aromatic carbocycles. The summed E-state index contributed by atoms with van der Waals surface area (Å²) >= 11 is 0. The molecule has 2 aromatic rings. The Morgan fingerprint density at radius 3 is 2.59 bits per heavy atom. The fraction of sp³-hybridized carbons (Fsp3) is 0.333. The maximum absolute atomic E-state index is 12.8. The average molecular weight is 395 g/mol. The maximum Gasteiger partial charge on any atom is 0.282 e. The normalized spacial score (nSPS) is 18.9. The van der Waals surface area contributed by atoms with Gasteiger partial charge in [-0.3, -0.25) is 29.5 Å². The summed E-state index contributed by atoms with van der Waals surface area (Å²) in [7, 11) is 0. The number of nitro groups is 1. The Morgan fingerprint density at radius 2 is 1.90 bits per heavy atom. The minimum Gasteiger partial charge on any atom is -0.494 e. The fourth-order valence-electron chi connectivity index (χ4n) is 4.10. The molecular weight excluding hydrogens is 374 g/mol. The first-order valence-corrected chi connectivity index (χ1v) is 9.61. The molecule has 0 saturated carbocycles. The molecule has 8 nitrogen and oxygen atoms in total. The van der Waals surface area contributed by atoms with Crippen LogP contribution in [0.4, 0.5) is 5.69 Å². The van der Waals surface area contributed by atoms with E-state index in [-0.39, 0.29) is 29.5 Å². The molecule has 4 rings (SSSR count). The van der Waals surface area contributed by atoms with Gasteiger partial charge in [0.15, 0.2) is 0 Å². The van der Waals surface area contributed by atoms with Crippen molar-refractivity contribution in [2.24, 2.45) is 0 Å². The molecule has 0 N–H and O–H groups in total. The van der Waals surface area contributed by atoms with E-state index in [2.05, 4.69) is 4.90 Å². The van der Waals surface area contributed by atoms with Gasteiger partial charge in [0, 0.05) is 18.7 Å². The fourth-order valence-corrected chi connectivity index (χ4v) is 4.10. The molecule has 1 saturated heterocycles. The van der Waals surface area contributed by atoms with E-state index in [0.717, 1.165) is 35.6 Å². The zero-order valence-electron chi connectivity index (χ0n) is 16.0. The Labute approximate surface area is 167 Å². The number of fused-ring (bicyclic) bond motifs is 1. The van der Waals surface area contributed by atoms with Crippen LogP contribution in [-0.4, -0.2) is 46.4 Å². The van der Waals surface area contributed by atoms with E-state index in [1.807, 2.05) is 31.2 Å². The lowest BCUT2D eigenvalue weighted by Gasteiger charge is -2.28. The smallest absolute Gasteiger partial charge is 0.282 e. The van der Waals surface area contributed by atoms with Crippen LogP contribution < -0.4 is 4.74 Å². The predicted octanol–water partition coefficient (Wildman–Crippen LogP) is 3.38. The molecule has 0 radical (unpaired) electrons. The largest absolute Gasteiger partial charge is 0.494 e. The molecule has 1 atom stereocenters. The zero-order valence-corrected chi connectivity index (χ0v) is 16.0. The van der Waals surface area contributed by atoms with Gasteiger partial charge < -0.3 is 4.74 Å². The van der Waals surface area contributed by atoms with Gasteiger partial charge in [-0.15, -0.1) is 0 Å². The first-order valence-electron chi connectivity index (χ1n) is 9.61. The van der Waals surface area contributed by atoms with Crippen molar-refractivity contribution < 1.29 is 19.2 Å². The second kappa shape index (κ2) is 7.63. The number of benzene rings is 2. The average Bonchev–Trinajstić information content (AvgIpc) is 3.28. The van der Waals surface area contributed by atoms with Crippen LogP contribution in [0.25, 0.3) is 0 Å². The number of rotatable bonds is 6. The summed E-state index contributed by atoms with van der Waals surface area (Å²) in [6.45, 7) is 3.38. The van der Waals surface area contributed by atoms with E-state index in [0.29, 0.717) is 6.61 Å². The number of hydrogen-bond donors (Lipinski definition) is 0. The molecule has 0 unspecified atom stereocenters. The van der Waals surface area contributed by atoms with Crippen LogP contribution in [0.1, 0.15) is 52.1 Å². The molecule has 2 aliphatic heterocycles. The van der Waals surface area contributed by atoms with Gasteiger partial charge in [-0.05, 0) is 43.5 Å². The number of imide groups is 1. The van der Waals surface area contributed by atoms with Crippen LogP contribution >= 0.6 is 0 Å². The Morgan fingerprint density at radius 1 is 1.14 bits per heavy atom. The van der Waals surface area contributed by atoms with E-state index >= 15 is 0 Å². The summed E-state index contributed by atoms with van der Waals surface area (Å²) < 4.78 is 5.49. The number of carbonyl (C=O) groups excluding carboxylic acids is 2. The van der Waals surface area contributed by atoms with Crippen molar-refractivity contribution in [2.75, 3.05) is 19.8 Å². The van der Waals surface area contributed by atoms with E-state index in [4.69, 9.17) is 4.74 Å². The third kappa shape index (κ3) is 3.36. The van der Waals surface area contributed by atoms with Crippen LogP contribution in [0.2, 0.25) is 0 Å². The standard InChI is InChI=1S/C21H21N3O5/c1-2-29-15-10-8-14(9-11-15)17-7-4-12-22(17)13-23-20(25)16-5-3-6-18(24(27)28)19(16)21(23)26/h3,5-6,8-11,17H,2,4,7,12-13H2,1H3/t17-/m1/s1. The van der Waals surface area contributed by atoms with E-state index in [1.165, 1.54) is 18.2 Å². The van der Waals surface area contributed by atoms with E-state index < -0.39 is 16.7 Å². The molecule has 2 amide bonds. The first kappa shape index (κ1) is 19.1. The topological polar surface area (TPSA) is 93.0 Å². The summed E-state index contributed by atoms with van der Waals surface area (Å²) in [5.41, 5.74) is 0.752. The monoisotopic (exact) mass is 395 g/mol. The lowest BCUT2D eigenvalue weighted by atomic mass is 10.0. The summed E-state index contributed by atoms with van der Waals surface area (Å²) in [5, 5.41) is 11.3. The second-order valence-electron chi connectivity index (χ2n) is 7.11. The Bertz CT molecular complexity index is 973. The SMILES string of the molecule is CCOc1ccc([C@H]2CCCN2CN2C(=O)c3cccc([N+](=O)[O-])c3C2=O)cc1. The van der Waals surface area contributed by atoms with Crippen molar-refractivity contribution >= 4 is 17.5 Å². The van der Waals surface area contributed by atoms with E-state index in [9.17, 15) is 19.7 Å². The highest BCUT2D eigenvalue weighted by molar-refractivity contribution is 6.23. The molecular formula is C21H21N3O5. The highest BCUT2D eigenvalue weighted by atomic mass is 16.6. The van der Waals surface area contributed by atoms with Crippen molar-refractivity contribution in [2.45, 2.75) is 25.8 Å². The van der Waals surface area contributed by atoms with Gasteiger partial charge in [-0.25, -0.2) is 0 Å². The molecule has 150 valence electrons. The molecule has 2 aliphatic rings. The highest BCUT2D eigenvalue weighted by Crippen LogP contribution is 2.35. The second-order valence-corrected chi connectivity index (χ2v) is 7.11. The minimum atomic E-state index is -0.619. The van der Waals surface area contributed by atoms with Crippen LogP contribution in [0.5, 0.6) is 5.75 Å².